The fourth-order valence-corrected chi connectivity index (χ4v) is 5.61. The first kappa shape index (κ1) is 25.9. The summed E-state index contributed by atoms with van der Waals surface area (Å²) in [4.78, 5) is 13.9. The van der Waals surface area contributed by atoms with E-state index in [2.05, 4.69) is 30.3 Å². The van der Waals surface area contributed by atoms with Crippen molar-refractivity contribution in [3.8, 4) is 0 Å². The molecule has 1 fully saturated rings. The van der Waals surface area contributed by atoms with E-state index in [1.54, 1.807) is 25.4 Å². The Morgan fingerprint density at radius 1 is 1.08 bits per heavy atom. The van der Waals surface area contributed by atoms with Crippen LogP contribution in [-0.4, -0.2) is 45.2 Å². The quantitative estimate of drug-likeness (QED) is 0.256. The maximum absolute atomic E-state index is 13.6. The van der Waals surface area contributed by atoms with E-state index in [1.165, 1.54) is 24.3 Å². The average molecular weight is 540 g/mol. The Balaban J connectivity index is 1.38. The van der Waals surface area contributed by atoms with Crippen LogP contribution in [0.5, 0.6) is 0 Å². The fourth-order valence-electron chi connectivity index (χ4n) is 4.49. The van der Waals surface area contributed by atoms with E-state index in [0.29, 0.717) is 40.7 Å². The summed E-state index contributed by atoms with van der Waals surface area (Å²) in [5.41, 5.74) is 2.69. The predicted octanol–water partition coefficient (Wildman–Crippen LogP) is 4.55. The molecule has 0 saturated heterocycles. The first-order chi connectivity index (χ1) is 18.2. The second kappa shape index (κ2) is 10.5. The number of nitrogens with zero attached hydrogens (tertiary/aromatic N) is 4. The van der Waals surface area contributed by atoms with Gasteiger partial charge in [0.25, 0.3) is 10.0 Å². The van der Waals surface area contributed by atoms with Gasteiger partial charge in [0.2, 0.25) is 5.95 Å². The van der Waals surface area contributed by atoms with E-state index in [1.807, 2.05) is 11.5 Å². The van der Waals surface area contributed by atoms with Crippen LogP contribution in [0.1, 0.15) is 38.2 Å². The van der Waals surface area contributed by atoms with Crippen molar-refractivity contribution in [2.24, 2.45) is 0 Å². The van der Waals surface area contributed by atoms with E-state index >= 15 is 0 Å². The molecule has 0 amide bonds. The third-order valence-corrected chi connectivity index (χ3v) is 8.09. The summed E-state index contributed by atoms with van der Waals surface area (Å²) >= 11 is 0. The molecule has 1 saturated carbocycles. The molecule has 0 aliphatic heterocycles. The molecule has 38 heavy (non-hydrogen) atoms. The summed E-state index contributed by atoms with van der Waals surface area (Å²) in [7, 11) is -3.92. The van der Waals surface area contributed by atoms with Crippen molar-refractivity contribution >= 4 is 44.3 Å². The largest absolute Gasteiger partial charge is 0.393 e. The number of halogens is 1. The highest BCUT2D eigenvalue weighted by molar-refractivity contribution is 7.92. The van der Waals surface area contributed by atoms with Gasteiger partial charge in [-0.1, -0.05) is 6.07 Å². The van der Waals surface area contributed by atoms with Gasteiger partial charge in [-0.2, -0.15) is 9.97 Å². The minimum Gasteiger partial charge on any atom is -0.393 e. The number of sulfonamides is 1. The van der Waals surface area contributed by atoms with E-state index < -0.39 is 15.8 Å². The van der Waals surface area contributed by atoms with Crippen LogP contribution >= 0.6 is 0 Å². The van der Waals surface area contributed by atoms with Gasteiger partial charge in [-0.15, -0.1) is 0 Å². The van der Waals surface area contributed by atoms with Crippen LogP contribution in [0.3, 0.4) is 0 Å². The van der Waals surface area contributed by atoms with Crippen LogP contribution in [0.4, 0.5) is 27.5 Å². The number of fused-ring (bicyclic) bond motifs is 1. The molecular weight excluding hydrogens is 509 g/mol. The zero-order valence-electron chi connectivity index (χ0n) is 21.1. The molecule has 12 heteroatoms. The number of benzene rings is 2. The fraction of sp³-hybridized carbons (Fsp3) is 0.346. The summed E-state index contributed by atoms with van der Waals surface area (Å²) in [5.74, 6) is 0.430. The molecule has 2 aromatic carbocycles. The zero-order chi connectivity index (χ0) is 26.9. The molecule has 0 unspecified atom stereocenters. The molecule has 4 N–H and O–H groups in total. The average Bonchev–Trinajstić information content (AvgIpc) is 3.31. The van der Waals surface area contributed by atoms with Crippen LogP contribution in [0.15, 0.2) is 53.7 Å². The van der Waals surface area contributed by atoms with E-state index in [4.69, 9.17) is 0 Å². The number of imidazole rings is 1. The molecule has 2 aromatic heterocycles. The lowest BCUT2D eigenvalue weighted by molar-refractivity contribution is 0.126. The Morgan fingerprint density at radius 3 is 2.53 bits per heavy atom. The van der Waals surface area contributed by atoms with Gasteiger partial charge in [-0.05, 0) is 81.5 Å². The van der Waals surface area contributed by atoms with E-state index in [9.17, 15) is 17.9 Å². The van der Waals surface area contributed by atoms with Gasteiger partial charge < -0.3 is 20.3 Å². The number of rotatable bonds is 8. The van der Waals surface area contributed by atoms with Gasteiger partial charge in [-0.25, -0.2) is 17.8 Å². The van der Waals surface area contributed by atoms with Crippen LogP contribution in [-0.2, 0) is 16.6 Å². The summed E-state index contributed by atoms with van der Waals surface area (Å²) in [6, 6.07) is 10.3. The number of aliphatic hydroxyl groups is 1. The number of anilines is 4. The number of hydrogen-bond acceptors (Lipinski definition) is 8. The Labute approximate surface area is 220 Å². The molecule has 4 aromatic rings. The first-order valence-corrected chi connectivity index (χ1v) is 14.0. The van der Waals surface area contributed by atoms with Gasteiger partial charge in [0, 0.05) is 18.3 Å². The lowest BCUT2D eigenvalue weighted by Crippen LogP contribution is -2.29. The highest BCUT2D eigenvalue weighted by atomic mass is 32.2. The summed E-state index contributed by atoms with van der Waals surface area (Å²) in [6.45, 7) is 4.39. The standard InChI is InChI=1S/C26H30FN7O3S/c1-3-34-15-28-23-24(31-26(32-25(23)34)30-19-6-10-20(35)11-7-19)29-18-8-12-21(13-9-18)38(36,37)33-22-14-17(27)5-4-16(22)2/h4-5,8-9,12-15,19-20,33,35H,3,6-7,10-11H2,1-2H3,(H2,29,30,31,32). The molecule has 0 bridgehead atoms. The molecular formula is C26H30FN7O3S. The Bertz CT molecular complexity index is 1550. The maximum atomic E-state index is 13.6. The van der Waals surface area contributed by atoms with Crippen molar-refractivity contribution < 1.29 is 17.9 Å². The van der Waals surface area contributed by atoms with Crippen LogP contribution < -0.4 is 15.4 Å². The van der Waals surface area contributed by atoms with Gasteiger partial charge in [0.05, 0.1) is 23.0 Å². The third-order valence-electron chi connectivity index (χ3n) is 6.71. The van der Waals surface area contributed by atoms with Crippen molar-refractivity contribution in [2.75, 3.05) is 15.4 Å². The van der Waals surface area contributed by atoms with Crippen LogP contribution in [0.25, 0.3) is 11.2 Å². The predicted molar refractivity (Wildman–Crippen MR) is 145 cm³/mol. The Hall–Kier alpha value is -3.77. The monoisotopic (exact) mass is 539 g/mol. The number of hydrogen-bond donors (Lipinski definition) is 4. The number of nitrogens with one attached hydrogen (secondary N) is 3. The molecule has 1 aliphatic rings. The number of aryl methyl sites for hydroxylation is 2. The topological polar surface area (TPSA) is 134 Å². The van der Waals surface area contributed by atoms with Crippen molar-refractivity contribution in [2.45, 2.75) is 63.1 Å². The summed E-state index contributed by atoms with van der Waals surface area (Å²) in [6.07, 6.45) is 4.59. The molecule has 0 spiro atoms. The molecule has 5 rings (SSSR count). The van der Waals surface area contributed by atoms with Crippen molar-refractivity contribution in [3.05, 3.63) is 60.2 Å². The first-order valence-electron chi connectivity index (χ1n) is 12.6. The molecule has 1 aliphatic carbocycles. The van der Waals surface area contributed by atoms with E-state index in [-0.39, 0.29) is 22.7 Å². The van der Waals surface area contributed by atoms with Crippen molar-refractivity contribution in [3.63, 3.8) is 0 Å². The minimum atomic E-state index is -3.92. The molecule has 0 atom stereocenters. The lowest BCUT2D eigenvalue weighted by atomic mass is 9.93. The summed E-state index contributed by atoms with van der Waals surface area (Å²) in [5, 5.41) is 16.4. The molecule has 200 valence electrons. The Morgan fingerprint density at radius 2 is 1.82 bits per heavy atom. The van der Waals surface area contributed by atoms with Gasteiger partial charge in [-0.3, -0.25) is 4.72 Å². The summed E-state index contributed by atoms with van der Waals surface area (Å²) < 4.78 is 43.8. The van der Waals surface area contributed by atoms with Crippen molar-refractivity contribution in [1.29, 1.82) is 0 Å². The van der Waals surface area contributed by atoms with Gasteiger partial charge in [0.1, 0.15) is 5.82 Å². The Kier molecular flexibility index (Phi) is 7.17. The van der Waals surface area contributed by atoms with Gasteiger partial charge >= 0.3 is 0 Å². The highest BCUT2D eigenvalue weighted by Gasteiger charge is 2.22. The normalized spacial score (nSPS) is 17.9. The van der Waals surface area contributed by atoms with E-state index in [0.717, 1.165) is 31.7 Å². The molecule has 2 heterocycles. The number of aromatic nitrogens is 4. The second-order valence-electron chi connectivity index (χ2n) is 9.46. The zero-order valence-corrected chi connectivity index (χ0v) is 22.0. The minimum absolute atomic E-state index is 0.0386. The second-order valence-corrected chi connectivity index (χ2v) is 11.1. The lowest BCUT2D eigenvalue weighted by Gasteiger charge is -2.26. The third kappa shape index (κ3) is 5.55. The highest BCUT2D eigenvalue weighted by Crippen LogP contribution is 2.28. The van der Waals surface area contributed by atoms with Crippen molar-refractivity contribution in [1.82, 2.24) is 19.5 Å². The van der Waals surface area contributed by atoms with Crippen LogP contribution in [0.2, 0.25) is 0 Å². The molecule has 0 radical (unpaired) electrons. The molecule has 10 nitrogen and oxygen atoms in total. The van der Waals surface area contributed by atoms with Crippen LogP contribution in [0, 0.1) is 12.7 Å². The smallest absolute Gasteiger partial charge is 0.261 e. The maximum Gasteiger partial charge on any atom is 0.261 e. The number of aliphatic hydroxyl groups excluding tert-OH is 1. The van der Waals surface area contributed by atoms with Gasteiger partial charge in [0.15, 0.2) is 17.0 Å². The SMILES string of the molecule is CCn1cnc2c(Nc3ccc(S(=O)(=O)Nc4cc(F)ccc4C)cc3)nc(NC3CCC(O)CC3)nc21.